The van der Waals surface area contributed by atoms with Gasteiger partial charge >= 0.3 is 0 Å². The zero-order chi connectivity index (χ0) is 22.8. The van der Waals surface area contributed by atoms with Crippen LogP contribution in [0.5, 0.6) is 0 Å². The van der Waals surface area contributed by atoms with Gasteiger partial charge in [-0.25, -0.2) is 9.67 Å². The minimum atomic E-state index is -0.120. The van der Waals surface area contributed by atoms with Crippen molar-refractivity contribution in [3.05, 3.63) is 75.8 Å². The molecule has 5 rings (SSSR count). The Morgan fingerprint density at radius 1 is 0.909 bits per heavy atom. The van der Waals surface area contributed by atoms with E-state index < -0.39 is 0 Å². The van der Waals surface area contributed by atoms with Gasteiger partial charge in [0.2, 0.25) is 5.95 Å². The molecular formula is C23H24N8O2. The quantitative estimate of drug-likeness (QED) is 0.445. The molecule has 10 heteroatoms. The topological polar surface area (TPSA) is 102 Å². The molecule has 0 saturated carbocycles. The van der Waals surface area contributed by atoms with Crippen molar-refractivity contribution in [3.8, 4) is 11.3 Å². The van der Waals surface area contributed by atoms with Crippen LogP contribution in [0.3, 0.4) is 0 Å². The van der Waals surface area contributed by atoms with Crippen LogP contribution in [0.4, 0.5) is 5.95 Å². The van der Waals surface area contributed by atoms with Crippen LogP contribution < -0.4 is 16.0 Å². The van der Waals surface area contributed by atoms with Crippen molar-refractivity contribution in [1.82, 2.24) is 34.2 Å². The molecule has 0 unspecified atom stereocenters. The second-order valence-corrected chi connectivity index (χ2v) is 8.02. The fourth-order valence-corrected chi connectivity index (χ4v) is 4.08. The summed E-state index contributed by atoms with van der Waals surface area (Å²) >= 11 is 0. The number of hydrogen-bond acceptors (Lipinski definition) is 8. The predicted molar refractivity (Wildman–Crippen MR) is 125 cm³/mol. The molecule has 4 aromatic heterocycles. The molecule has 0 N–H and O–H groups in total. The van der Waals surface area contributed by atoms with Crippen LogP contribution in [0.25, 0.3) is 22.2 Å². The first kappa shape index (κ1) is 21.0. The molecule has 0 bridgehead atoms. The summed E-state index contributed by atoms with van der Waals surface area (Å²) in [6.45, 7) is 4.31. The predicted octanol–water partition coefficient (Wildman–Crippen LogP) is 0.769. The summed E-state index contributed by atoms with van der Waals surface area (Å²) in [4.78, 5) is 42.3. The molecule has 1 saturated heterocycles. The van der Waals surface area contributed by atoms with Crippen molar-refractivity contribution >= 4 is 16.9 Å². The van der Waals surface area contributed by atoms with Crippen molar-refractivity contribution in [2.45, 2.75) is 6.54 Å². The van der Waals surface area contributed by atoms with Gasteiger partial charge in [0, 0.05) is 70.0 Å². The Bertz CT molecular complexity index is 1390. The number of anilines is 1. The summed E-state index contributed by atoms with van der Waals surface area (Å²) < 4.78 is 3.11. The maximum Gasteiger partial charge on any atom is 0.266 e. The average molecular weight is 444 g/mol. The molecule has 0 aromatic carbocycles. The van der Waals surface area contributed by atoms with Crippen LogP contribution in [-0.4, -0.2) is 66.9 Å². The third kappa shape index (κ3) is 4.24. The monoisotopic (exact) mass is 444 g/mol. The molecule has 0 aliphatic carbocycles. The number of nitrogens with zero attached hydrogens (tertiary/aromatic N) is 8. The van der Waals surface area contributed by atoms with Gasteiger partial charge in [-0.3, -0.25) is 29.0 Å². The molecule has 4 aromatic rings. The molecule has 0 spiro atoms. The second-order valence-electron chi connectivity index (χ2n) is 8.02. The van der Waals surface area contributed by atoms with Crippen molar-refractivity contribution in [2.24, 2.45) is 7.05 Å². The van der Waals surface area contributed by atoms with Crippen LogP contribution >= 0.6 is 0 Å². The Morgan fingerprint density at radius 3 is 2.52 bits per heavy atom. The molecule has 0 atom stereocenters. The standard InChI is InChI=1S/C23H24N8O2/c1-28-22(33)18-6-8-25-16-20(18)26-23(28)30-12-9-29(10-13-30)11-14-31-21(32)5-4-19(27-31)17-3-2-7-24-15-17/h2-8,15-16H,9-14H2,1H3. The second kappa shape index (κ2) is 8.91. The molecular weight excluding hydrogens is 420 g/mol. The van der Waals surface area contributed by atoms with Crippen LogP contribution in [0.15, 0.2) is 64.7 Å². The SMILES string of the molecule is Cn1c(N2CCN(CCn3nc(-c4cccnc4)ccc3=O)CC2)nc2cnccc2c1=O. The summed E-state index contributed by atoms with van der Waals surface area (Å²) in [5.74, 6) is 0.655. The molecule has 10 nitrogen and oxygen atoms in total. The third-order valence-electron chi connectivity index (χ3n) is 5.96. The number of fused-ring (bicyclic) bond motifs is 1. The smallest absolute Gasteiger partial charge is 0.266 e. The highest BCUT2D eigenvalue weighted by atomic mass is 16.1. The first-order chi connectivity index (χ1) is 16.1. The van der Waals surface area contributed by atoms with E-state index in [2.05, 4.69) is 29.9 Å². The maximum atomic E-state index is 12.7. The summed E-state index contributed by atoms with van der Waals surface area (Å²) in [6, 6.07) is 8.75. The van der Waals surface area contributed by atoms with Crippen LogP contribution in [0.2, 0.25) is 0 Å². The molecule has 1 fully saturated rings. The fraction of sp³-hybridized carbons (Fsp3) is 0.304. The minimum Gasteiger partial charge on any atom is -0.340 e. The highest BCUT2D eigenvalue weighted by molar-refractivity contribution is 5.77. The van der Waals surface area contributed by atoms with Gasteiger partial charge in [0.05, 0.1) is 29.3 Å². The van der Waals surface area contributed by atoms with E-state index in [0.29, 0.717) is 29.9 Å². The lowest BCUT2D eigenvalue weighted by Gasteiger charge is -2.35. The number of piperazine rings is 1. The normalized spacial score (nSPS) is 14.6. The van der Waals surface area contributed by atoms with Gasteiger partial charge < -0.3 is 4.90 Å². The first-order valence-electron chi connectivity index (χ1n) is 10.9. The number of rotatable bonds is 5. The Hall–Kier alpha value is -3.92. The molecule has 0 amide bonds. The van der Waals surface area contributed by atoms with E-state index in [1.807, 2.05) is 12.1 Å². The Kier molecular flexibility index (Phi) is 5.66. The van der Waals surface area contributed by atoms with Crippen LogP contribution in [-0.2, 0) is 13.6 Å². The highest BCUT2D eigenvalue weighted by Crippen LogP contribution is 2.16. The highest BCUT2D eigenvalue weighted by Gasteiger charge is 2.21. The summed E-state index contributed by atoms with van der Waals surface area (Å²) in [7, 11) is 1.75. The Labute approximate surface area is 189 Å². The van der Waals surface area contributed by atoms with Gasteiger partial charge in [-0.05, 0) is 24.3 Å². The molecule has 33 heavy (non-hydrogen) atoms. The van der Waals surface area contributed by atoms with Crippen molar-refractivity contribution in [2.75, 3.05) is 37.6 Å². The lowest BCUT2D eigenvalue weighted by atomic mass is 10.2. The van der Waals surface area contributed by atoms with Crippen molar-refractivity contribution in [1.29, 1.82) is 0 Å². The lowest BCUT2D eigenvalue weighted by molar-refractivity contribution is 0.241. The molecule has 1 aliphatic rings. The molecule has 0 radical (unpaired) electrons. The largest absolute Gasteiger partial charge is 0.340 e. The first-order valence-corrected chi connectivity index (χ1v) is 10.9. The lowest BCUT2D eigenvalue weighted by Crippen LogP contribution is -2.49. The van der Waals surface area contributed by atoms with Crippen molar-refractivity contribution in [3.63, 3.8) is 0 Å². The number of hydrogen-bond donors (Lipinski definition) is 0. The minimum absolute atomic E-state index is 0.0706. The summed E-state index contributed by atoms with van der Waals surface area (Å²) in [6.07, 6.45) is 6.68. The van der Waals surface area contributed by atoms with Gasteiger partial charge in [0.25, 0.3) is 11.1 Å². The van der Waals surface area contributed by atoms with Crippen LogP contribution in [0, 0.1) is 0 Å². The third-order valence-corrected chi connectivity index (χ3v) is 5.96. The van der Waals surface area contributed by atoms with Gasteiger partial charge in [0.15, 0.2) is 0 Å². The Balaban J connectivity index is 1.25. The van der Waals surface area contributed by atoms with Gasteiger partial charge in [-0.2, -0.15) is 5.10 Å². The average Bonchev–Trinajstić information content (AvgIpc) is 2.87. The van der Waals surface area contributed by atoms with Crippen LogP contribution in [0.1, 0.15) is 0 Å². The van der Waals surface area contributed by atoms with Gasteiger partial charge in [0.1, 0.15) is 0 Å². The zero-order valence-corrected chi connectivity index (χ0v) is 18.3. The van der Waals surface area contributed by atoms with E-state index in [9.17, 15) is 9.59 Å². The van der Waals surface area contributed by atoms with Gasteiger partial charge in [-0.15, -0.1) is 0 Å². The Morgan fingerprint density at radius 2 is 1.73 bits per heavy atom. The summed E-state index contributed by atoms with van der Waals surface area (Å²) in [5.41, 5.74) is 2.02. The van der Waals surface area contributed by atoms with E-state index in [-0.39, 0.29) is 11.1 Å². The summed E-state index contributed by atoms with van der Waals surface area (Å²) in [5, 5.41) is 5.08. The fourth-order valence-electron chi connectivity index (χ4n) is 4.08. The van der Waals surface area contributed by atoms with E-state index in [4.69, 9.17) is 0 Å². The van der Waals surface area contributed by atoms with Gasteiger partial charge in [-0.1, -0.05) is 0 Å². The molecule has 5 heterocycles. The van der Waals surface area contributed by atoms with E-state index >= 15 is 0 Å². The maximum absolute atomic E-state index is 12.7. The van der Waals surface area contributed by atoms with E-state index in [1.165, 1.54) is 4.68 Å². The van der Waals surface area contributed by atoms with Crippen molar-refractivity contribution < 1.29 is 0 Å². The van der Waals surface area contributed by atoms with E-state index in [1.54, 1.807) is 54.6 Å². The molecule has 168 valence electrons. The number of pyridine rings is 2. The number of aromatic nitrogens is 6. The van der Waals surface area contributed by atoms with E-state index in [0.717, 1.165) is 37.4 Å². The zero-order valence-electron chi connectivity index (χ0n) is 18.3. The molecule has 1 aliphatic heterocycles.